The van der Waals surface area contributed by atoms with Crippen LogP contribution in [0.5, 0.6) is 0 Å². The maximum absolute atomic E-state index is 12.5. The third-order valence-corrected chi connectivity index (χ3v) is 5.23. The molecule has 6 heteroatoms. The van der Waals surface area contributed by atoms with Crippen LogP contribution in [0.1, 0.15) is 30.0 Å². The Morgan fingerprint density at radius 1 is 1.19 bits per heavy atom. The normalized spacial score (nSPS) is 11.3. The summed E-state index contributed by atoms with van der Waals surface area (Å²) in [6.07, 6.45) is 0.897. The summed E-state index contributed by atoms with van der Waals surface area (Å²) in [6, 6.07) is 12.8. The second-order valence-electron chi connectivity index (χ2n) is 6.50. The topological polar surface area (TPSA) is 50.2 Å². The fraction of sp³-hybridized carbons (Fsp3) is 0.333. The van der Waals surface area contributed by atoms with Crippen LogP contribution in [0.3, 0.4) is 0 Å². The summed E-state index contributed by atoms with van der Waals surface area (Å²) in [5.74, 6) is 0.823. The standard InChI is InChI=1S/C21H25ClN4O/c1-4-26(5-2)13-12-20-24-18-14-15(10-11-19(18)25(20)3)23-21(27)16-8-6-7-9-17(16)22/h6-11,14H,4-5,12-13H2,1-3H3,(H,23,27). The number of halogens is 1. The fourth-order valence-electron chi connectivity index (χ4n) is 3.19. The van der Waals surface area contributed by atoms with E-state index < -0.39 is 0 Å². The number of benzene rings is 2. The molecule has 1 aromatic heterocycles. The number of fused-ring (bicyclic) bond motifs is 1. The molecule has 5 nitrogen and oxygen atoms in total. The van der Waals surface area contributed by atoms with Gasteiger partial charge in [-0.05, 0) is 43.4 Å². The van der Waals surface area contributed by atoms with Crippen molar-refractivity contribution in [3.63, 3.8) is 0 Å². The smallest absolute Gasteiger partial charge is 0.257 e. The molecule has 0 atom stereocenters. The van der Waals surface area contributed by atoms with Crippen molar-refractivity contribution in [1.29, 1.82) is 0 Å². The van der Waals surface area contributed by atoms with Crippen molar-refractivity contribution in [2.24, 2.45) is 7.05 Å². The van der Waals surface area contributed by atoms with E-state index in [1.807, 2.05) is 25.2 Å². The maximum Gasteiger partial charge on any atom is 0.257 e. The minimum Gasteiger partial charge on any atom is -0.331 e. The number of imidazole rings is 1. The number of carbonyl (C=O) groups excluding carboxylic acids is 1. The molecule has 0 saturated carbocycles. The Balaban J connectivity index is 1.79. The van der Waals surface area contributed by atoms with E-state index in [1.165, 1.54) is 0 Å². The number of aryl methyl sites for hydroxylation is 1. The molecule has 0 aliphatic carbocycles. The number of nitrogens with zero attached hydrogens (tertiary/aromatic N) is 3. The summed E-state index contributed by atoms with van der Waals surface area (Å²) in [5, 5.41) is 3.35. The molecule has 0 bridgehead atoms. The van der Waals surface area contributed by atoms with E-state index in [1.54, 1.807) is 24.3 Å². The summed E-state index contributed by atoms with van der Waals surface area (Å²) in [6.45, 7) is 7.41. The monoisotopic (exact) mass is 384 g/mol. The van der Waals surface area contributed by atoms with Gasteiger partial charge in [-0.25, -0.2) is 4.98 Å². The molecule has 0 fully saturated rings. The molecule has 0 radical (unpaired) electrons. The van der Waals surface area contributed by atoms with E-state index in [-0.39, 0.29) is 5.91 Å². The van der Waals surface area contributed by atoms with Gasteiger partial charge >= 0.3 is 0 Å². The van der Waals surface area contributed by atoms with Crippen LogP contribution in [0.15, 0.2) is 42.5 Å². The molecule has 0 aliphatic heterocycles. The Labute approximate surface area is 165 Å². The summed E-state index contributed by atoms with van der Waals surface area (Å²) >= 11 is 6.11. The molecule has 1 N–H and O–H groups in total. The molecule has 142 valence electrons. The number of nitrogens with one attached hydrogen (secondary N) is 1. The minimum absolute atomic E-state index is 0.224. The van der Waals surface area contributed by atoms with Crippen LogP contribution in [0.25, 0.3) is 11.0 Å². The van der Waals surface area contributed by atoms with Crippen LogP contribution in [0.2, 0.25) is 5.02 Å². The first-order valence-electron chi connectivity index (χ1n) is 9.27. The van der Waals surface area contributed by atoms with Gasteiger partial charge in [-0.1, -0.05) is 37.6 Å². The summed E-state index contributed by atoms with van der Waals surface area (Å²) in [7, 11) is 2.04. The predicted molar refractivity (Wildman–Crippen MR) is 112 cm³/mol. The zero-order valence-electron chi connectivity index (χ0n) is 16.0. The van der Waals surface area contributed by atoms with Gasteiger partial charge in [0.15, 0.2) is 0 Å². The van der Waals surface area contributed by atoms with Crippen LogP contribution in [-0.4, -0.2) is 40.0 Å². The SMILES string of the molecule is CCN(CC)CCc1nc2cc(NC(=O)c3ccccc3Cl)ccc2n1C. The molecule has 0 saturated heterocycles. The first-order valence-corrected chi connectivity index (χ1v) is 9.64. The highest BCUT2D eigenvalue weighted by Gasteiger charge is 2.13. The Bertz CT molecular complexity index is 947. The van der Waals surface area contributed by atoms with Crippen LogP contribution < -0.4 is 5.32 Å². The van der Waals surface area contributed by atoms with E-state index in [4.69, 9.17) is 16.6 Å². The van der Waals surface area contributed by atoms with Gasteiger partial charge in [0.1, 0.15) is 5.82 Å². The van der Waals surface area contributed by atoms with E-state index >= 15 is 0 Å². The van der Waals surface area contributed by atoms with Crippen molar-refractivity contribution < 1.29 is 4.79 Å². The number of rotatable bonds is 7. The average molecular weight is 385 g/mol. The van der Waals surface area contributed by atoms with Crippen LogP contribution >= 0.6 is 11.6 Å². The number of likely N-dealkylation sites (N-methyl/N-ethyl adjacent to an activating group) is 1. The van der Waals surface area contributed by atoms with Crippen LogP contribution in [-0.2, 0) is 13.5 Å². The maximum atomic E-state index is 12.5. The highest BCUT2D eigenvalue weighted by molar-refractivity contribution is 6.34. The number of carbonyl (C=O) groups is 1. The molecule has 1 heterocycles. The lowest BCUT2D eigenvalue weighted by Gasteiger charge is -2.17. The van der Waals surface area contributed by atoms with Crippen molar-refractivity contribution in [2.45, 2.75) is 20.3 Å². The molecule has 27 heavy (non-hydrogen) atoms. The summed E-state index contributed by atoms with van der Waals surface area (Å²) < 4.78 is 2.12. The molecule has 0 aliphatic rings. The van der Waals surface area contributed by atoms with Gasteiger partial charge in [-0.2, -0.15) is 0 Å². The van der Waals surface area contributed by atoms with Crippen molar-refractivity contribution in [3.8, 4) is 0 Å². The lowest BCUT2D eigenvalue weighted by atomic mass is 10.2. The largest absolute Gasteiger partial charge is 0.331 e. The molecule has 2 aromatic carbocycles. The quantitative estimate of drug-likeness (QED) is 0.658. The number of aromatic nitrogens is 2. The zero-order valence-corrected chi connectivity index (χ0v) is 16.8. The summed E-state index contributed by atoms with van der Waals surface area (Å²) in [4.78, 5) is 19.6. The molecular formula is C21H25ClN4O. The molecule has 1 amide bonds. The van der Waals surface area contributed by atoms with Crippen molar-refractivity contribution in [1.82, 2.24) is 14.5 Å². The van der Waals surface area contributed by atoms with Crippen LogP contribution in [0.4, 0.5) is 5.69 Å². The van der Waals surface area contributed by atoms with E-state index in [0.717, 1.165) is 42.9 Å². The molecule has 0 spiro atoms. The minimum atomic E-state index is -0.224. The second kappa shape index (κ2) is 8.55. The molecule has 3 aromatic rings. The lowest BCUT2D eigenvalue weighted by molar-refractivity contribution is 0.102. The summed E-state index contributed by atoms with van der Waals surface area (Å²) in [5.41, 5.74) is 3.10. The highest BCUT2D eigenvalue weighted by Crippen LogP contribution is 2.22. The fourth-order valence-corrected chi connectivity index (χ4v) is 3.41. The Morgan fingerprint density at radius 3 is 2.63 bits per heavy atom. The highest BCUT2D eigenvalue weighted by atomic mass is 35.5. The van der Waals surface area contributed by atoms with Gasteiger partial charge in [0.05, 0.1) is 21.6 Å². The van der Waals surface area contributed by atoms with E-state index in [2.05, 4.69) is 28.6 Å². The van der Waals surface area contributed by atoms with Crippen molar-refractivity contribution in [3.05, 3.63) is 58.9 Å². The number of amides is 1. The third-order valence-electron chi connectivity index (χ3n) is 4.90. The molecule has 3 rings (SSSR count). The number of hydrogen-bond donors (Lipinski definition) is 1. The van der Waals surface area contributed by atoms with Crippen molar-refractivity contribution in [2.75, 3.05) is 25.0 Å². The lowest BCUT2D eigenvalue weighted by Crippen LogP contribution is -2.26. The first kappa shape index (κ1) is 19.4. The van der Waals surface area contributed by atoms with Gasteiger partial charge in [0, 0.05) is 25.7 Å². The predicted octanol–water partition coefficient (Wildman–Crippen LogP) is 4.36. The van der Waals surface area contributed by atoms with Gasteiger partial charge in [-0.15, -0.1) is 0 Å². The third kappa shape index (κ3) is 4.31. The molecule has 0 unspecified atom stereocenters. The second-order valence-corrected chi connectivity index (χ2v) is 6.91. The van der Waals surface area contributed by atoms with Crippen molar-refractivity contribution >= 4 is 34.2 Å². The average Bonchev–Trinajstić information content (AvgIpc) is 2.98. The van der Waals surface area contributed by atoms with Gasteiger partial charge in [-0.3, -0.25) is 4.79 Å². The molecular weight excluding hydrogens is 360 g/mol. The Morgan fingerprint density at radius 2 is 1.93 bits per heavy atom. The number of anilines is 1. The Kier molecular flexibility index (Phi) is 6.14. The van der Waals surface area contributed by atoms with Gasteiger partial charge in [0.2, 0.25) is 0 Å². The number of hydrogen-bond acceptors (Lipinski definition) is 3. The van der Waals surface area contributed by atoms with E-state index in [0.29, 0.717) is 16.3 Å². The Hall–Kier alpha value is -2.37. The van der Waals surface area contributed by atoms with Gasteiger partial charge in [0.25, 0.3) is 5.91 Å². The zero-order chi connectivity index (χ0) is 19.4. The van der Waals surface area contributed by atoms with Crippen LogP contribution in [0, 0.1) is 0 Å². The van der Waals surface area contributed by atoms with Gasteiger partial charge < -0.3 is 14.8 Å². The first-order chi connectivity index (χ1) is 13.0. The van der Waals surface area contributed by atoms with E-state index in [9.17, 15) is 4.79 Å².